The molecule has 2 fully saturated rings. The van der Waals surface area contributed by atoms with Crippen LogP contribution in [0.25, 0.3) is 27.8 Å². The van der Waals surface area contributed by atoms with Crippen LogP contribution in [-0.4, -0.2) is 66.6 Å². The highest BCUT2D eigenvalue weighted by atomic mass is 16.5. The molecule has 10 heteroatoms. The third kappa shape index (κ3) is 3.05. The van der Waals surface area contributed by atoms with E-state index in [9.17, 15) is 4.79 Å². The summed E-state index contributed by atoms with van der Waals surface area (Å²) < 4.78 is 7.38. The van der Waals surface area contributed by atoms with Crippen molar-refractivity contribution in [1.82, 2.24) is 34.4 Å². The number of rotatable bonds is 4. The van der Waals surface area contributed by atoms with Crippen LogP contribution in [0, 0.1) is 11.8 Å². The van der Waals surface area contributed by atoms with E-state index in [4.69, 9.17) is 9.72 Å². The lowest BCUT2D eigenvalue weighted by Gasteiger charge is -2.18. The fourth-order valence-electron chi connectivity index (χ4n) is 5.28. The minimum absolute atomic E-state index is 0.174. The molecule has 1 aliphatic heterocycles. The van der Waals surface area contributed by atoms with Crippen LogP contribution in [0.4, 0.5) is 5.95 Å². The van der Waals surface area contributed by atoms with Crippen molar-refractivity contribution in [3.05, 3.63) is 30.9 Å². The molecule has 4 aromatic rings. The number of hydrogen-bond donors (Lipinski definition) is 2. The molecule has 6 rings (SSSR count). The molecule has 3 atom stereocenters. The van der Waals surface area contributed by atoms with E-state index < -0.39 is 0 Å². The summed E-state index contributed by atoms with van der Waals surface area (Å²) in [4.78, 5) is 30.6. The SMILES string of the molecule is COc1nc(NC2C[C@@H]3CN(C(C)=O)C[C@@H]3C2)nc2[nH]cc(-c3ccn4ncnc4c3)c12. The van der Waals surface area contributed by atoms with E-state index >= 15 is 0 Å². The lowest BCUT2D eigenvalue weighted by molar-refractivity contribution is -0.128. The van der Waals surface area contributed by atoms with Crippen molar-refractivity contribution in [3.63, 3.8) is 0 Å². The van der Waals surface area contributed by atoms with Gasteiger partial charge >= 0.3 is 0 Å². The van der Waals surface area contributed by atoms with Crippen molar-refractivity contribution < 1.29 is 9.53 Å². The normalized spacial score (nSPS) is 22.6. The summed E-state index contributed by atoms with van der Waals surface area (Å²) in [5, 5.41) is 8.49. The van der Waals surface area contributed by atoms with Crippen molar-refractivity contribution in [2.75, 3.05) is 25.5 Å². The average molecular weight is 432 g/mol. The second-order valence-electron chi connectivity index (χ2n) is 8.72. The lowest BCUT2D eigenvalue weighted by Crippen LogP contribution is -2.29. The van der Waals surface area contributed by atoms with Crippen LogP contribution in [-0.2, 0) is 4.79 Å². The smallest absolute Gasteiger partial charge is 0.228 e. The second-order valence-corrected chi connectivity index (χ2v) is 8.72. The molecule has 1 aliphatic carbocycles. The maximum atomic E-state index is 11.7. The first-order valence-electron chi connectivity index (χ1n) is 10.8. The van der Waals surface area contributed by atoms with Crippen molar-refractivity contribution in [2.24, 2.45) is 11.8 Å². The number of fused-ring (bicyclic) bond motifs is 3. The Morgan fingerprint density at radius 1 is 1.25 bits per heavy atom. The van der Waals surface area contributed by atoms with Gasteiger partial charge in [0, 0.05) is 44.0 Å². The molecule has 0 spiro atoms. The van der Waals surface area contributed by atoms with Gasteiger partial charge in [0.05, 0.1) is 12.5 Å². The highest BCUT2D eigenvalue weighted by Gasteiger charge is 2.41. The van der Waals surface area contributed by atoms with Gasteiger partial charge in [-0.05, 0) is 42.4 Å². The maximum absolute atomic E-state index is 11.7. The maximum Gasteiger partial charge on any atom is 0.228 e. The number of aromatic amines is 1. The number of aromatic nitrogens is 6. The summed E-state index contributed by atoms with van der Waals surface area (Å²) in [7, 11) is 1.63. The molecule has 4 aromatic heterocycles. The molecule has 1 saturated heterocycles. The fourth-order valence-corrected chi connectivity index (χ4v) is 5.28. The molecule has 0 bridgehead atoms. The molecular weight excluding hydrogens is 408 g/mol. The van der Waals surface area contributed by atoms with E-state index in [-0.39, 0.29) is 5.91 Å². The number of ether oxygens (including phenoxy) is 1. The van der Waals surface area contributed by atoms with E-state index in [1.54, 1.807) is 18.5 Å². The number of nitrogens with zero attached hydrogens (tertiary/aromatic N) is 6. The molecule has 1 unspecified atom stereocenters. The van der Waals surface area contributed by atoms with Gasteiger partial charge in [-0.3, -0.25) is 4.79 Å². The zero-order valence-electron chi connectivity index (χ0n) is 17.9. The Morgan fingerprint density at radius 2 is 2.06 bits per heavy atom. The predicted molar refractivity (Wildman–Crippen MR) is 118 cm³/mol. The zero-order chi connectivity index (χ0) is 21.8. The Hall–Kier alpha value is -3.69. The molecular formula is C22H24N8O2. The predicted octanol–water partition coefficient (Wildman–Crippen LogP) is 2.34. The van der Waals surface area contributed by atoms with Gasteiger partial charge in [0.25, 0.3) is 0 Å². The van der Waals surface area contributed by atoms with E-state index in [1.165, 1.54) is 6.33 Å². The van der Waals surface area contributed by atoms with Crippen molar-refractivity contribution >= 4 is 28.5 Å². The third-order valence-corrected chi connectivity index (χ3v) is 6.81. The fraction of sp³-hybridized carbons (Fsp3) is 0.409. The molecule has 1 saturated carbocycles. The van der Waals surface area contributed by atoms with E-state index in [0.717, 1.165) is 53.7 Å². The summed E-state index contributed by atoms with van der Waals surface area (Å²) in [6.07, 6.45) is 7.37. The Morgan fingerprint density at radius 3 is 2.81 bits per heavy atom. The van der Waals surface area contributed by atoms with Gasteiger partial charge in [-0.15, -0.1) is 0 Å². The molecule has 2 aliphatic rings. The number of amides is 1. The van der Waals surface area contributed by atoms with Crippen molar-refractivity contribution in [2.45, 2.75) is 25.8 Å². The van der Waals surface area contributed by atoms with Gasteiger partial charge in [-0.25, -0.2) is 9.50 Å². The summed E-state index contributed by atoms with van der Waals surface area (Å²) in [6.45, 7) is 3.37. The molecule has 10 nitrogen and oxygen atoms in total. The molecule has 0 aromatic carbocycles. The molecule has 1 amide bonds. The zero-order valence-corrected chi connectivity index (χ0v) is 17.9. The monoisotopic (exact) mass is 432 g/mol. The number of carbonyl (C=O) groups is 1. The molecule has 32 heavy (non-hydrogen) atoms. The average Bonchev–Trinajstić information content (AvgIpc) is 3.54. The summed E-state index contributed by atoms with van der Waals surface area (Å²) in [6, 6.07) is 4.26. The van der Waals surface area contributed by atoms with Crippen LogP contribution in [0.15, 0.2) is 30.9 Å². The minimum atomic E-state index is 0.174. The number of hydrogen-bond acceptors (Lipinski definition) is 7. The van der Waals surface area contributed by atoms with Crippen LogP contribution < -0.4 is 10.1 Å². The Labute approximate surface area is 184 Å². The van der Waals surface area contributed by atoms with Crippen LogP contribution in [0.1, 0.15) is 19.8 Å². The van der Waals surface area contributed by atoms with Crippen molar-refractivity contribution in [1.29, 1.82) is 0 Å². The van der Waals surface area contributed by atoms with E-state index in [2.05, 4.69) is 25.4 Å². The highest BCUT2D eigenvalue weighted by molar-refractivity contribution is 5.98. The minimum Gasteiger partial charge on any atom is -0.480 e. The van der Waals surface area contributed by atoms with Gasteiger partial charge in [-0.2, -0.15) is 15.1 Å². The standard InChI is InChI=1S/C22H24N8O2/c1-12(31)29-9-14-5-16(6-15(14)10-29)26-22-27-20-19(21(28-22)32-2)17(8-23-20)13-3-4-30-18(7-13)24-11-25-30/h3-4,7-8,11,14-16H,5-6,9-10H2,1-2H3,(H2,23,26,27,28)/t14-,15+,16?. The van der Waals surface area contributed by atoms with E-state index in [0.29, 0.717) is 29.7 Å². The first-order valence-corrected chi connectivity index (χ1v) is 10.8. The largest absolute Gasteiger partial charge is 0.480 e. The number of carbonyl (C=O) groups excluding carboxylic acids is 1. The number of nitrogens with one attached hydrogen (secondary N) is 2. The Balaban J connectivity index is 1.27. The van der Waals surface area contributed by atoms with Gasteiger partial charge < -0.3 is 19.9 Å². The lowest BCUT2D eigenvalue weighted by atomic mass is 10.0. The number of pyridine rings is 1. The number of methoxy groups -OCH3 is 1. The van der Waals surface area contributed by atoms with Gasteiger partial charge in [0.15, 0.2) is 5.65 Å². The Bertz CT molecular complexity index is 1310. The molecule has 164 valence electrons. The molecule has 5 heterocycles. The van der Waals surface area contributed by atoms with Gasteiger partial charge in [-0.1, -0.05) is 0 Å². The summed E-state index contributed by atoms with van der Waals surface area (Å²) >= 11 is 0. The van der Waals surface area contributed by atoms with Crippen LogP contribution in [0.5, 0.6) is 5.88 Å². The van der Waals surface area contributed by atoms with E-state index in [1.807, 2.05) is 29.4 Å². The first kappa shape index (κ1) is 19.0. The van der Waals surface area contributed by atoms with Crippen LogP contribution >= 0.6 is 0 Å². The Kier molecular flexibility index (Phi) is 4.27. The topological polar surface area (TPSA) is 113 Å². The van der Waals surface area contributed by atoms with Gasteiger partial charge in [0.1, 0.15) is 12.0 Å². The second kappa shape index (κ2) is 7.18. The van der Waals surface area contributed by atoms with Crippen molar-refractivity contribution in [3.8, 4) is 17.0 Å². The number of likely N-dealkylation sites (tertiary alicyclic amines) is 1. The number of H-pyrrole nitrogens is 1. The highest BCUT2D eigenvalue weighted by Crippen LogP contribution is 2.40. The third-order valence-electron chi connectivity index (χ3n) is 6.81. The van der Waals surface area contributed by atoms with Crippen LogP contribution in [0.2, 0.25) is 0 Å². The summed E-state index contributed by atoms with van der Waals surface area (Å²) in [5.74, 6) is 2.35. The van der Waals surface area contributed by atoms with Gasteiger partial charge in [0.2, 0.25) is 17.7 Å². The van der Waals surface area contributed by atoms with Crippen LogP contribution in [0.3, 0.4) is 0 Å². The molecule has 0 radical (unpaired) electrons. The molecule has 2 N–H and O–H groups in total. The number of anilines is 1. The summed E-state index contributed by atoms with van der Waals surface area (Å²) in [5.41, 5.74) is 3.42. The quantitative estimate of drug-likeness (QED) is 0.509. The first-order chi connectivity index (χ1) is 15.6.